The zero-order valence-electron chi connectivity index (χ0n) is 66.1. The predicted octanol–water partition coefficient (Wildman–Crippen LogP) is 14.2. The van der Waals surface area contributed by atoms with Crippen LogP contribution >= 0.6 is 0 Å². The van der Waals surface area contributed by atoms with E-state index in [9.17, 15) is 120 Å². The Labute approximate surface area is 711 Å². The number of nitrogen functional groups attached to an aromatic ring is 2. The van der Waals surface area contributed by atoms with E-state index in [1.807, 2.05) is 0 Å². The summed E-state index contributed by atoms with van der Waals surface area (Å²) in [6, 6.07) is 41.1. The van der Waals surface area contributed by atoms with Crippen LogP contribution in [0.4, 0.5) is 98.2 Å². The molecule has 3 aliphatic heterocycles. The lowest BCUT2D eigenvalue weighted by molar-refractivity contribution is -0.173. The number of carboxylic acid groups (broad SMARTS) is 4. The fourth-order valence-corrected chi connectivity index (χ4v) is 12.0. The highest BCUT2D eigenvalue weighted by atomic mass is 19.4. The number of rotatable bonds is 22. The number of hydrogen-bond donors (Lipinski definition) is 10. The van der Waals surface area contributed by atoms with E-state index in [-0.39, 0.29) is 78.6 Å². The number of alkyl halides is 12. The van der Waals surface area contributed by atoms with E-state index in [0.29, 0.717) is 35.7 Å². The van der Waals surface area contributed by atoms with Gasteiger partial charge in [0.2, 0.25) is 23.6 Å². The Hall–Kier alpha value is -16.1. The second-order valence-electron chi connectivity index (χ2n) is 27.5. The molecule has 8 aromatic rings. The minimum Gasteiger partial charge on any atom is -0.478 e. The van der Waals surface area contributed by atoms with Crippen molar-refractivity contribution >= 4 is 129 Å². The Morgan fingerprint density at radius 3 is 0.591 bits per heavy atom. The second kappa shape index (κ2) is 40.7. The standard InChI is InChI=1S/2C23H19F3N2O6.C23H15F3N2O4.C15H15F3N2.C4H2O3/c2*1-22(23(24,25)26,14-2-6-16(7-3-14)27-18(29)10-12-20(31)32)15-4-8-17(9-5-15)28-19(30)11-13-21(33)34;1-22(23(24,25)26,14-2-6-16(7-3-14)27-18(29)10-11-19(27)30)15-4-8-17(9-5-15)28-20(31)12-13-21(28)32;1-14(15(16,17)18,10-2-6-12(19)7-3-10)11-4-8-13(20)9-5-11;5-3-1-2-4(6)7-3/h2*2-13H,1H3,(H,27,29)(H,28,30)(H,31,32)(H,33,34);2-13H,1H3;2-9H,19-20H2,1H3;1-2H/b2*12-10+,13-11+;;;. The van der Waals surface area contributed by atoms with Crippen molar-refractivity contribution in [2.24, 2.45) is 0 Å². The molecule has 0 fully saturated rings. The third-order valence-corrected chi connectivity index (χ3v) is 19.3. The molecule has 0 spiro atoms. The Balaban J connectivity index is 0.000000229. The number of aliphatic carboxylic acids is 4. The number of carbonyl (C=O) groups excluding carboxylic acids is 10. The van der Waals surface area contributed by atoms with E-state index >= 15 is 0 Å². The van der Waals surface area contributed by atoms with Gasteiger partial charge in [-0.1, -0.05) is 97.1 Å². The number of anilines is 8. The summed E-state index contributed by atoms with van der Waals surface area (Å²) in [4.78, 5) is 157. The van der Waals surface area contributed by atoms with E-state index < -0.39 is 129 Å². The molecule has 0 bridgehead atoms. The number of halogens is 12. The van der Waals surface area contributed by atoms with Crippen molar-refractivity contribution in [3.63, 3.8) is 0 Å². The Kier molecular flexibility index (Phi) is 31.4. The molecule has 0 aromatic heterocycles. The highest BCUT2D eigenvalue weighted by Crippen LogP contribution is 2.51. The molecule has 8 aromatic carbocycles. The lowest BCUT2D eigenvalue weighted by Crippen LogP contribution is -2.40. The van der Waals surface area contributed by atoms with Gasteiger partial charge in [0.05, 0.1) is 11.4 Å². The van der Waals surface area contributed by atoms with Gasteiger partial charge < -0.3 is 57.9 Å². The van der Waals surface area contributed by atoms with Gasteiger partial charge in [-0.3, -0.25) is 38.4 Å². The highest BCUT2D eigenvalue weighted by Gasteiger charge is 2.57. The van der Waals surface area contributed by atoms with Crippen molar-refractivity contribution in [2.45, 2.75) is 74.1 Å². The van der Waals surface area contributed by atoms with Gasteiger partial charge in [-0.2, -0.15) is 52.7 Å². The Morgan fingerprint density at radius 2 is 0.441 bits per heavy atom. The van der Waals surface area contributed by atoms with Crippen LogP contribution in [0.1, 0.15) is 72.2 Å². The van der Waals surface area contributed by atoms with Crippen LogP contribution in [0.5, 0.6) is 0 Å². The number of carboxylic acids is 4. The van der Waals surface area contributed by atoms with E-state index in [2.05, 4.69) is 26.0 Å². The topological polar surface area (TPSA) is 436 Å². The average Bonchev–Trinajstić information content (AvgIpc) is 1.49. The first-order chi connectivity index (χ1) is 59.2. The minimum atomic E-state index is -4.71. The molecular formula is C88H70F12N8O19. The number of imide groups is 2. The van der Waals surface area contributed by atoms with E-state index in [4.69, 9.17) is 31.9 Å². The number of nitrogens with one attached hydrogen (secondary N) is 4. The molecule has 27 nitrogen and oxygen atoms in total. The van der Waals surface area contributed by atoms with Crippen LogP contribution in [0, 0.1) is 0 Å². The van der Waals surface area contributed by atoms with Gasteiger partial charge in [-0.25, -0.2) is 38.6 Å². The molecule has 39 heteroatoms. The maximum absolute atomic E-state index is 14.3. The summed E-state index contributed by atoms with van der Waals surface area (Å²) in [5, 5.41) is 43.5. The first-order valence-electron chi connectivity index (χ1n) is 36.3. The summed E-state index contributed by atoms with van der Waals surface area (Å²) in [6.45, 7) is 4.14. The number of carbonyl (C=O) groups is 14. The van der Waals surface area contributed by atoms with Crippen LogP contribution in [0.2, 0.25) is 0 Å². The molecule has 0 unspecified atom stereocenters. The number of nitrogens with two attached hydrogens (primary N) is 2. The molecule has 8 amide bonds. The largest absolute Gasteiger partial charge is 0.478 e. The van der Waals surface area contributed by atoms with E-state index in [1.165, 1.54) is 194 Å². The fourth-order valence-electron chi connectivity index (χ4n) is 12.0. The highest BCUT2D eigenvalue weighted by molar-refractivity contribution is 6.29. The molecule has 3 aliphatic rings. The number of benzene rings is 8. The monoisotopic (exact) mass is 1770 g/mol. The van der Waals surface area contributed by atoms with E-state index in [0.717, 1.165) is 98.3 Å². The summed E-state index contributed by atoms with van der Waals surface area (Å²) in [6.07, 6.45) is -6.45. The SMILES string of the molecule is CC(c1ccc(N)cc1)(c1ccc(N)cc1)C(F)(F)F.CC(c1ccc(N2C(=O)C=CC2=O)cc1)(c1ccc(N2C(=O)C=CC2=O)cc1)C(F)(F)F.CC(c1ccc(NC(=O)/C=C/C(=O)O)cc1)(c1ccc(NC(=O)/C=C/C(=O)O)cc1)C(F)(F)F.CC(c1ccc(NC(=O)/C=C/C(=O)O)cc1)(c1ccc(NC(=O)/C=C/C(=O)O)cc1)C(F)(F)F.O=C1C=CC(=O)O1. The molecular weight excluding hydrogens is 1700 g/mol. The zero-order chi connectivity index (χ0) is 94.5. The number of esters is 2. The number of cyclic esters (lactones) is 2. The molecule has 127 heavy (non-hydrogen) atoms. The molecule has 3 heterocycles. The average molecular weight is 1770 g/mol. The molecule has 660 valence electrons. The van der Waals surface area contributed by atoms with Gasteiger partial charge in [0.1, 0.15) is 21.7 Å². The van der Waals surface area contributed by atoms with Crippen molar-refractivity contribution in [1.29, 1.82) is 0 Å². The minimum absolute atomic E-state index is 0.108. The molecule has 12 N–H and O–H groups in total. The third-order valence-electron chi connectivity index (χ3n) is 19.3. The summed E-state index contributed by atoms with van der Waals surface area (Å²) in [7, 11) is 0. The summed E-state index contributed by atoms with van der Waals surface area (Å²) < 4.78 is 173. The maximum atomic E-state index is 14.3. The first-order valence-corrected chi connectivity index (χ1v) is 36.3. The smallest absolute Gasteiger partial charge is 0.402 e. The Morgan fingerprint density at radius 1 is 0.276 bits per heavy atom. The van der Waals surface area contributed by atoms with Crippen molar-refractivity contribution < 1.29 is 145 Å². The zero-order valence-corrected chi connectivity index (χ0v) is 66.1. The first kappa shape index (κ1) is 98.0. The van der Waals surface area contributed by atoms with E-state index in [1.54, 1.807) is 0 Å². The quantitative estimate of drug-likeness (QED) is 0.00752. The summed E-state index contributed by atoms with van der Waals surface area (Å²) in [5.74, 6) is -11.8. The molecule has 11 rings (SSSR count). The van der Waals surface area contributed by atoms with Gasteiger partial charge in [-0.15, -0.1) is 0 Å². The van der Waals surface area contributed by atoms with Crippen LogP contribution in [-0.4, -0.2) is 128 Å². The number of amides is 8. The second-order valence-corrected chi connectivity index (χ2v) is 27.5. The molecule has 0 aliphatic carbocycles. The Bertz CT molecular complexity index is 5200. The van der Waals surface area contributed by atoms with Gasteiger partial charge >= 0.3 is 60.5 Å². The number of nitrogens with zero attached hydrogens (tertiary/aromatic N) is 2. The van der Waals surface area contributed by atoms with Gasteiger partial charge in [0.25, 0.3) is 23.6 Å². The summed E-state index contributed by atoms with van der Waals surface area (Å²) in [5.41, 5.74) is 3.08. The van der Waals surface area contributed by atoms with Crippen LogP contribution in [0.15, 0.2) is 279 Å². The third kappa shape index (κ3) is 24.8. The van der Waals surface area contributed by atoms with Crippen LogP contribution in [0.3, 0.4) is 0 Å². The predicted molar refractivity (Wildman–Crippen MR) is 436 cm³/mol. The maximum Gasteiger partial charge on any atom is 0.402 e. The van der Waals surface area contributed by atoms with Gasteiger partial charge in [0.15, 0.2) is 0 Å². The molecule has 0 radical (unpaired) electrons. The summed E-state index contributed by atoms with van der Waals surface area (Å²) >= 11 is 0. The van der Waals surface area contributed by atoms with Crippen molar-refractivity contribution in [3.8, 4) is 0 Å². The van der Waals surface area contributed by atoms with Crippen LogP contribution in [-0.2, 0) is 93.5 Å². The number of hydrogen-bond acceptors (Lipinski definition) is 17. The number of ether oxygens (including phenoxy) is 1. The van der Waals surface area contributed by atoms with Crippen molar-refractivity contribution in [3.05, 3.63) is 324 Å². The lowest BCUT2D eigenvalue weighted by Gasteiger charge is -2.33. The molecule has 0 saturated carbocycles. The molecule has 0 atom stereocenters. The van der Waals surface area contributed by atoms with Crippen LogP contribution < -0.4 is 42.5 Å². The molecule has 0 saturated heterocycles. The van der Waals surface area contributed by atoms with Gasteiger partial charge in [0, 0.05) is 119 Å². The van der Waals surface area contributed by atoms with Crippen LogP contribution in [0.25, 0.3) is 0 Å². The lowest BCUT2D eigenvalue weighted by atomic mass is 9.75. The van der Waals surface area contributed by atoms with Crippen molar-refractivity contribution in [1.82, 2.24) is 0 Å². The van der Waals surface area contributed by atoms with Crippen molar-refractivity contribution in [2.75, 3.05) is 42.5 Å². The van der Waals surface area contributed by atoms with Gasteiger partial charge in [-0.05, 0) is 169 Å². The fraction of sp³-hybridized carbons (Fsp3) is 0.136. The normalized spacial score (nSPS) is 13.5.